The largest absolute Gasteiger partial charge is 0.506 e. The Kier molecular flexibility index (Phi) is 5.78. The standard InChI is InChI=1S/C18H23N5O2/c1-12(2)20-17(25)11-22(3)10-16(24)13(9-19)18-21-14-7-5-6-8-15(14)23(18)4/h5-8,12,24H,10-11H2,1-4H3,(H,20,25)/p+1/b16-13-. The van der Waals surface area contributed by atoms with Crippen LogP contribution in [0.3, 0.4) is 0 Å². The molecule has 1 unspecified atom stereocenters. The van der Waals surface area contributed by atoms with Crippen LogP contribution < -0.4 is 10.2 Å². The lowest BCUT2D eigenvalue weighted by molar-refractivity contribution is -0.867. The van der Waals surface area contributed by atoms with Crippen LogP contribution in [0.15, 0.2) is 30.0 Å². The van der Waals surface area contributed by atoms with Crippen LogP contribution in [0.5, 0.6) is 0 Å². The SMILES string of the molecule is CC(C)NC(=O)C[NH+](C)C/C(O)=C(\C#N)c1nc2ccccc2n1C. The molecule has 0 radical (unpaired) electrons. The third kappa shape index (κ3) is 4.37. The number of aliphatic hydroxyl groups excluding tert-OH is 1. The van der Waals surface area contributed by atoms with Gasteiger partial charge in [-0.1, -0.05) is 12.1 Å². The Balaban J connectivity index is 2.23. The fourth-order valence-corrected chi connectivity index (χ4v) is 2.70. The van der Waals surface area contributed by atoms with E-state index in [1.165, 1.54) is 0 Å². The monoisotopic (exact) mass is 342 g/mol. The highest BCUT2D eigenvalue weighted by Gasteiger charge is 2.20. The molecule has 132 valence electrons. The van der Waals surface area contributed by atoms with Crippen molar-refractivity contribution >= 4 is 22.5 Å². The number of rotatable bonds is 6. The van der Waals surface area contributed by atoms with Crippen LogP contribution in [0.1, 0.15) is 19.7 Å². The summed E-state index contributed by atoms with van der Waals surface area (Å²) in [7, 11) is 3.60. The molecule has 25 heavy (non-hydrogen) atoms. The van der Waals surface area contributed by atoms with E-state index in [1.54, 1.807) is 11.6 Å². The number of aryl methyl sites for hydroxylation is 1. The lowest BCUT2D eigenvalue weighted by atomic mass is 10.2. The number of carbonyl (C=O) groups excluding carboxylic acids is 1. The Hall–Kier alpha value is -2.85. The van der Waals surface area contributed by atoms with Crippen molar-refractivity contribution in [3.63, 3.8) is 0 Å². The van der Waals surface area contributed by atoms with Gasteiger partial charge in [-0.05, 0) is 26.0 Å². The molecule has 1 aromatic carbocycles. The first-order valence-corrected chi connectivity index (χ1v) is 8.18. The van der Waals surface area contributed by atoms with Crippen molar-refractivity contribution in [3.8, 4) is 6.07 Å². The van der Waals surface area contributed by atoms with E-state index in [0.717, 1.165) is 15.9 Å². The molecule has 7 heteroatoms. The number of nitrogens with zero attached hydrogens (tertiary/aromatic N) is 3. The van der Waals surface area contributed by atoms with Gasteiger partial charge in [-0.15, -0.1) is 0 Å². The summed E-state index contributed by atoms with van der Waals surface area (Å²) in [6.45, 7) is 4.16. The molecule has 0 saturated heterocycles. The van der Waals surface area contributed by atoms with E-state index in [1.807, 2.05) is 51.2 Å². The number of benzene rings is 1. The van der Waals surface area contributed by atoms with Gasteiger partial charge in [0.15, 0.2) is 18.1 Å². The van der Waals surface area contributed by atoms with Crippen LogP contribution >= 0.6 is 0 Å². The number of hydrogen-bond donors (Lipinski definition) is 3. The normalized spacial score (nSPS) is 13.4. The summed E-state index contributed by atoms with van der Waals surface area (Å²) in [4.78, 5) is 17.0. The molecular weight excluding hydrogens is 318 g/mol. The second kappa shape index (κ2) is 7.81. The summed E-state index contributed by atoms with van der Waals surface area (Å²) in [6.07, 6.45) is 0. The second-order valence-corrected chi connectivity index (χ2v) is 6.45. The fourth-order valence-electron chi connectivity index (χ4n) is 2.70. The highest BCUT2D eigenvalue weighted by Crippen LogP contribution is 2.21. The average Bonchev–Trinajstić information content (AvgIpc) is 2.84. The van der Waals surface area contributed by atoms with Gasteiger partial charge in [0.1, 0.15) is 18.2 Å². The Morgan fingerprint density at radius 1 is 1.40 bits per heavy atom. The smallest absolute Gasteiger partial charge is 0.275 e. The molecule has 0 saturated carbocycles. The number of nitriles is 1. The predicted molar refractivity (Wildman–Crippen MR) is 95.8 cm³/mol. The van der Waals surface area contributed by atoms with Gasteiger partial charge in [-0.25, -0.2) is 4.98 Å². The summed E-state index contributed by atoms with van der Waals surface area (Å²) < 4.78 is 1.78. The Bertz CT molecular complexity index is 845. The van der Waals surface area contributed by atoms with E-state index < -0.39 is 0 Å². The zero-order chi connectivity index (χ0) is 18.6. The van der Waals surface area contributed by atoms with Gasteiger partial charge in [0.2, 0.25) is 0 Å². The van der Waals surface area contributed by atoms with Crippen molar-refractivity contribution in [1.29, 1.82) is 5.26 Å². The highest BCUT2D eigenvalue weighted by molar-refractivity contribution is 5.83. The van der Waals surface area contributed by atoms with Gasteiger partial charge in [0.25, 0.3) is 5.91 Å². The molecule has 3 N–H and O–H groups in total. The Labute approximate surface area is 147 Å². The number of para-hydroxylation sites is 2. The summed E-state index contributed by atoms with van der Waals surface area (Å²) >= 11 is 0. The molecule has 7 nitrogen and oxygen atoms in total. The average molecular weight is 342 g/mol. The number of allylic oxidation sites excluding steroid dienone is 1. The molecule has 0 spiro atoms. The van der Waals surface area contributed by atoms with Gasteiger partial charge < -0.3 is 19.9 Å². The first-order valence-electron chi connectivity index (χ1n) is 8.18. The third-order valence-electron chi connectivity index (χ3n) is 3.79. The molecule has 2 rings (SSSR count). The quantitative estimate of drug-likeness (QED) is 0.523. The van der Waals surface area contributed by atoms with E-state index in [9.17, 15) is 15.2 Å². The highest BCUT2D eigenvalue weighted by atomic mass is 16.3. The molecule has 2 aromatic rings. The number of aliphatic hydroxyl groups is 1. The van der Waals surface area contributed by atoms with Crippen LogP contribution in [0.25, 0.3) is 16.6 Å². The summed E-state index contributed by atoms with van der Waals surface area (Å²) in [5.41, 5.74) is 1.77. The van der Waals surface area contributed by atoms with Crippen LogP contribution in [-0.4, -0.2) is 46.7 Å². The van der Waals surface area contributed by atoms with Crippen molar-refractivity contribution in [2.75, 3.05) is 20.1 Å². The Morgan fingerprint density at radius 2 is 2.08 bits per heavy atom. The number of aromatic nitrogens is 2. The van der Waals surface area contributed by atoms with Crippen LogP contribution in [-0.2, 0) is 11.8 Å². The second-order valence-electron chi connectivity index (χ2n) is 6.45. The molecule has 0 aliphatic rings. The maximum atomic E-state index is 11.8. The van der Waals surface area contributed by atoms with E-state index in [0.29, 0.717) is 5.82 Å². The van der Waals surface area contributed by atoms with Gasteiger partial charge in [0, 0.05) is 13.1 Å². The first-order chi connectivity index (χ1) is 11.8. The summed E-state index contributed by atoms with van der Waals surface area (Å²) in [5, 5.41) is 22.7. The number of quaternary nitrogens is 1. The van der Waals surface area contributed by atoms with Crippen LogP contribution in [0.2, 0.25) is 0 Å². The number of likely N-dealkylation sites (N-methyl/N-ethyl adjacent to an activating group) is 1. The zero-order valence-corrected chi connectivity index (χ0v) is 15.0. The molecule has 0 fully saturated rings. The lowest BCUT2D eigenvalue weighted by Gasteiger charge is -2.15. The zero-order valence-electron chi connectivity index (χ0n) is 15.0. The van der Waals surface area contributed by atoms with Crippen molar-refractivity contribution in [1.82, 2.24) is 14.9 Å². The minimum Gasteiger partial charge on any atom is -0.506 e. The number of amides is 1. The number of nitrogens with one attached hydrogen (secondary N) is 2. The maximum Gasteiger partial charge on any atom is 0.275 e. The van der Waals surface area contributed by atoms with Crippen molar-refractivity contribution in [2.24, 2.45) is 7.05 Å². The molecule has 1 aromatic heterocycles. The number of carbonyl (C=O) groups is 1. The minimum atomic E-state index is -0.0958. The molecule has 1 amide bonds. The molecule has 0 aliphatic carbocycles. The molecule has 1 heterocycles. The van der Waals surface area contributed by atoms with Gasteiger partial charge >= 0.3 is 0 Å². The molecule has 1 atom stereocenters. The van der Waals surface area contributed by atoms with Gasteiger partial charge in [-0.2, -0.15) is 5.26 Å². The van der Waals surface area contributed by atoms with Crippen LogP contribution in [0.4, 0.5) is 0 Å². The van der Waals surface area contributed by atoms with E-state index in [2.05, 4.69) is 10.3 Å². The van der Waals surface area contributed by atoms with Crippen molar-refractivity contribution in [3.05, 3.63) is 35.8 Å². The number of hydrogen-bond acceptors (Lipinski definition) is 4. The molecular formula is C18H24N5O2+. The summed E-state index contributed by atoms with van der Waals surface area (Å²) in [6, 6.07) is 9.65. The summed E-state index contributed by atoms with van der Waals surface area (Å²) in [5.74, 6) is 0.248. The van der Waals surface area contributed by atoms with Gasteiger partial charge in [0.05, 0.1) is 18.1 Å². The van der Waals surface area contributed by atoms with Crippen molar-refractivity contribution < 1.29 is 14.8 Å². The number of imidazole rings is 1. The molecule has 0 aliphatic heterocycles. The molecule has 0 bridgehead atoms. The van der Waals surface area contributed by atoms with E-state index in [-0.39, 0.29) is 36.4 Å². The first kappa shape index (κ1) is 18.5. The minimum absolute atomic E-state index is 0.0686. The Morgan fingerprint density at radius 3 is 2.68 bits per heavy atom. The lowest BCUT2D eigenvalue weighted by Crippen LogP contribution is -3.10. The van der Waals surface area contributed by atoms with Gasteiger partial charge in [-0.3, -0.25) is 4.79 Å². The third-order valence-corrected chi connectivity index (χ3v) is 3.79. The number of fused-ring (bicyclic) bond motifs is 1. The maximum absolute atomic E-state index is 11.8. The van der Waals surface area contributed by atoms with E-state index in [4.69, 9.17) is 0 Å². The topological polar surface area (TPSA) is 95.4 Å². The van der Waals surface area contributed by atoms with E-state index >= 15 is 0 Å². The van der Waals surface area contributed by atoms with Crippen molar-refractivity contribution in [2.45, 2.75) is 19.9 Å². The van der Waals surface area contributed by atoms with Crippen LogP contribution in [0, 0.1) is 11.3 Å². The fraction of sp³-hybridized carbons (Fsp3) is 0.389. The predicted octanol–water partition coefficient (Wildman–Crippen LogP) is 0.405.